The molecule has 1 fully saturated rings. The lowest BCUT2D eigenvalue weighted by atomic mass is 9.84. The van der Waals surface area contributed by atoms with E-state index < -0.39 is 42.3 Å². The van der Waals surface area contributed by atoms with Crippen molar-refractivity contribution in [3.05, 3.63) is 68.1 Å². The standard InChI is InChI=1S/C24H26ClF2N3O2S.C4H6O6/c1-16-18(13-30(28-16)20-6-4-3-5-17(20)14-31-2)12-29-9-7-23(8-10-29)22-19(11-21(25)33-22)24(26,27)15-32-23;5-1(3(7)8)2(6)4(9)10/h3-6,11,13H,7-10,12,14-15H2,1-2H3;1-2,5-6H,(H,7,8)(H,9,10)/t;1-,2-/m.1/s1. The number of methoxy groups -OCH3 is 1. The number of alkyl halides is 2. The van der Waals surface area contributed by atoms with Crippen LogP contribution in [0.15, 0.2) is 36.5 Å². The molecule has 0 saturated carbocycles. The van der Waals surface area contributed by atoms with Crippen molar-refractivity contribution < 1.29 is 48.3 Å². The van der Waals surface area contributed by atoms with E-state index in [9.17, 15) is 18.4 Å². The number of para-hydroxylation sites is 1. The highest BCUT2D eigenvalue weighted by Crippen LogP contribution is 2.52. The molecule has 2 atom stereocenters. The van der Waals surface area contributed by atoms with Crippen LogP contribution in [0, 0.1) is 6.92 Å². The third kappa shape index (κ3) is 7.23. The van der Waals surface area contributed by atoms with Gasteiger partial charge in [-0.05, 0) is 31.9 Å². The lowest BCUT2D eigenvalue weighted by Crippen LogP contribution is -2.48. The van der Waals surface area contributed by atoms with Crippen LogP contribution in [0.5, 0.6) is 0 Å². The van der Waals surface area contributed by atoms with Gasteiger partial charge in [0, 0.05) is 54.5 Å². The monoisotopic (exact) mass is 643 g/mol. The van der Waals surface area contributed by atoms with Gasteiger partial charge in [-0.25, -0.2) is 14.3 Å². The smallest absolute Gasteiger partial charge is 0.335 e. The van der Waals surface area contributed by atoms with Crippen LogP contribution in [0.1, 0.15) is 40.1 Å². The molecule has 11 nitrogen and oxygen atoms in total. The highest BCUT2D eigenvalue weighted by Gasteiger charge is 2.51. The van der Waals surface area contributed by atoms with Gasteiger partial charge in [0.1, 0.15) is 12.2 Å². The number of carboxylic acids is 2. The molecular formula is C28H32ClF2N3O8S. The number of hydrogen-bond donors (Lipinski definition) is 4. The van der Waals surface area contributed by atoms with E-state index >= 15 is 0 Å². The fourth-order valence-electron chi connectivity index (χ4n) is 5.08. The van der Waals surface area contributed by atoms with Gasteiger partial charge in [0.25, 0.3) is 5.92 Å². The van der Waals surface area contributed by atoms with Crippen LogP contribution in [0.2, 0.25) is 4.34 Å². The van der Waals surface area contributed by atoms with Crippen molar-refractivity contribution in [2.24, 2.45) is 0 Å². The Morgan fingerprint density at radius 3 is 2.37 bits per heavy atom. The lowest BCUT2D eigenvalue weighted by Gasteiger charge is -2.45. The van der Waals surface area contributed by atoms with Crippen molar-refractivity contribution >= 4 is 34.9 Å². The molecular weight excluding hydrogens is 612 g/mol. The molecule has 1 saturated heterocycles. The molecule has 0 amide bonds. The number of aliphatic hydroxyl groups excluding tert-OH is 2. The Labute approximate surface area is 254 Å². The van der Waals surface area contributed by atoms with Crippen molar-refractivity contribution in [3.63, 3.8) is 0 Å². The van der Waals surface area contributed by atoms with Crippen molar-refractivity contribution in [1.29, 1.82) is 0 Å². The number of aliphatic hydroxyl groups is 2. The van der Waals surface area contributed by atoms with E-state index in [2.05, 4.69) is 11.1 Å². The first kappa shape index (κ1) is 32.9. The number of carbonyl (C=O) groups is 2. The van der Waals surface area contributed by atoms with Gasteiger partial charge in [-0.15, -0.1) is 11.3 Å². The summed E-state index contributed by atoms with van der Waals surface area (Å²) in [5.41, 5.74) is 3.58. The third-order valence-electron chi connectivity index (χ3n) is 7.44. The van der Waals surface area contributed by atoms with Crippen LogP contribution in [0.4, 0.5) is 8.78 Å². The zero-order chi connectivity index (χ0) is 31.5. The van der Waals surface area contributed by atoms with E-state index in [0.717, 1.165) is 42.1 Å². The second-order valence-electron chi connectivity index (χ2n) is 10.4. The van der Waals surface area contributed by atoms with Gasteiger partial charge in [0.15, 0.2) is 12.2 Å². The zero-order valence-corrected chi connectivity index (χ0v) is 24.9. The molecule has 15 heteroatoms. The number of hydrogen-bond acceptors (Lipinski definition) is 9. The maximum absolute atomic E-state index is 14.4. The molecule has 2 aliphatic rings. The van der Waals surface area contributed by atoms with Crippen molar-refractivity contribution in [2.75, 3.05) is 26.8 Å². The summed E-state index contributed by atoms with van der Waals surface area (Å²) in [5.74, 6) is -6.52. The molecule has 2 aromatic heterocycles. The number of thiophene rings is 1. The number of halogens is 3. The molecule has 4 N–H and O–H groups in total. The van der Waals surface area contributed by atoms with E-state index in [1.807, 2.05) is 35.9 Å². The van der Waals surface area contributed by atoms with Crippen LogP contribution in [-0.2, 0) is 43.7 Å². The van der Waals surface area contributed by atoms with Crippen LogP contribution in [0.25, 0.3) is 5.69 Å². The van der Waals surface area contributed by atoms with Crippen LogP contribution >= 0.6 is 22.9 Å². The van der Waals surface area contributed by atoms with Crippen LogP contribution < -0.4 is 0 Å². The molecule has 1 spiro atoms. The Hall–Kier alpha value is -2.98. The fourth-order valence-corrected chi connectivity index (χ4v) is 6.56. The van der Waals surface area contributed by atoms with Gasteiger partial charge < -0.3 is 29.9 Å². The van der Waals surface area contributed by atoms with Crippen molar-refractivity contribution in [1.82, 2.24) is 14.7 Å². The average Bonchev–Trinajstić information content (AvgIpc) is 3.55. The summed E-state index contributed by atoms with van der Waals surface area (Å²) < 4.78 is 42.2. The number of likely N-dealkylation sites (tertiary alicyclic amines) is 1. The number of aliphatic carboxylic acids is 2. The predicted octanol–water partition coefficient (Wildman–Crippen LogP) is 3.53. The molecule has 0 unspecified atom stereocenters. The first-order valence-electron chi connectivity index (χ1n) is 13.3. The molecule has 1 aromatic carbocycles. The Bertz CT molecular complexity index is 1440. The third-order valence-corrected chi connectivity index (χ3v) is 8.89. The number of aromatic nitrogens is 2. The van der Waals surface area contributed by atoms with Crippen LogP contribution in [-0.4, -0.2) is 86.1 Å². The summed E-state index contributed by atoms with van der Waals surface area (Å²) in [5, 5.41) is 37.3. The summed E-state index contributed by atoms with van der Waals surface area (Å²) in [6.07, 6.45) is -1.13. The van der Waals surface area contributed by atoms with Gasteiger partial charge >= 0.3 is 11.9 Å². The van der Waals surface area contributed by atoms with E-state index in [1.165, 1.54) is 17.4 Å². The summed E-state index contributed by atoms with van der Waals surface area (Å²) in [4.78, 5) is 22.5. The van der Waals surface area contributed by atoms with E-state index in [0.29, 0.717) is 28.7 Å². The second kappa shape index (κ2) is 13.3. The quantitative estimate of drug-likeness (QED) is 0.287. The van der Waals surface area contributed by atoms with Gasteiger partial charge in [0.05, 0.1) is 22.3 Å². The molecule has 4 heterocycles. The predicted molar refractivity (Wildman–Crippen MR) is 152 cm³/mol. The minimum absolute atomic E-state index is 0.0454. The van der Waals surface area contributed by atoms with Crippen molar-refractivity contribution in [2.45, 2.75) is 56.6 Å². The van der Waals surface area contributed by atoms with E-state index in [4.69, 9.17) is 46.6 Å². The Kier molecular flexibility index (Phi) is 10.2. The number of nitrogens with zero attached hydrogens (tertiary/aromatic N) is 3. The second-order valence-corrected chi connectivity index (χ2v) is 12.1. The number of benzene rings is 1. The summed E-state index contributed by atoms with van der Waals surface area (Å²) in [6.45, 7) is 4.22. The number of carboxylic acid groups (broad SMARTS) is 2. The molecule has 5 rings (SSSR count). The topological polar surface area (TPSA) is 155 Å². The van der Waals surface area contributed by atoms with Gasteiger partial charge in [0.2, 0.25) is 0 Å². The number of aryl methyl sites for hydroxylation is 1. The van der Waals surface area contributed by atoms with Gasteiger partial charge in [-0.3, -0.25) is 4.90 Å². The van der Waals surface area contributed by atoms with Gasteiger partial charge in [-0.2, -0.15) is 13.9 Å². The lowest BCUT2D eigenvalue weighted by molar-refractivity contribution is -0.182. The van der Waals surface area contributed by atoms with E-state index in [-0.39, 0.29) is 5.56 Å². The van der Waals surface area contributed by atoms with Crippen molar-refractivity contribution in [3.8, 4) is 5.69 Å². The maximum Gasteiger partial charge on any atom is 0.335 e. The Morgan fingerprint density at radius 2 is 1.77 bits per heavy atom. The minimum Gasteiger partial charge on any atom is -0.479 e. The Morgan fingerprint density at radius 1 is 1.14 bits per heavy atom. The van der Waals surface area contributed by atoms with Gasteiger partial charge in [-0.1, -0.05) is 29.8 Å². The molecule has 0 radical (unpaired) electrons. The molecule has 43 heavy (non-hydrogen) atoms. The number of fused-ring (bicyclic) bond motifs is 2. The largest absolute Gasteiger partial charge is 0.479 e. The average molecular weight is 644 g/mol. The number of rotatable bonds is 8. The first-order valence-corrected chi connectivity index (χ1v) is 14.5. The minimum atomic E-state index is -2.98. The summed E-state index contributed by atoms with van der Waals surface area (Å²) in [7, 11) is 1.68. The highest BCUT2D eigenvalue weighted by molar-refractivity contribution is 7.16. The first-order chi connectivity index (χ1) is 20.3. The Balaban J connectivity index is 0.000000365. The molecule has 0 aliphatic carbocycles. The summed E-state index contributed by atoms with van der Waals surface area (Å²) in [6, 6.07) is 9.48. The molecule has 2 aliphatic heterocycles. The SMILES string of the molecule is COCc1ccccc1-n1cc(CN2CCC3(CC2)OCC(F)(F)c2cc(Cl)sc23)c(C)n1.O=C(O)[C@H](O)[C@@H](O)C(=O)O. The molecule has 3 aromatic rings. The molecule has 234 valence electrons. The normalized spacial score (nSPS) is 18.8. The number of piperidine rings is 1. The fraction of sp³-hybridized carbons (Fsp3) is 0.464. The van der Waals surface area contributed by atoms with E-state index in [1.54, 1.807) is 7.11 Å². The number of ether oxygens (including phenoxy) is 2. The highest BCUT2D eigenvalue weighted by atomic mass is 35.5. The maximum atomic E-state index is 14.4. The zero-order valence-electron chi connectivity index (χ0n) is 23.4. The molecule has 0 bridgehead atoms. The van der Waals surface area contributed by atoms with Crippen LogP contribution in [0.3, 0.4) is 0 Å². The summed E-state index contributed by atoms with van der Waals surface area (Å²) >= 11 is 7.35.